The van der Waals surface area contributed by atoms with Gasteiger partial charge in [-0.2, -0.15) is 0 Å². The number of hydrogen-bond donors (Lipinski definition) is 3. The molecule has 0 aliphatic heterocycles. The van der Waals surface area contributed by atoms with Crippen molar-refractivity contribution in [3.05, 3.63) is 44.8 Å². The standard InChI is InChI=1S/C10H10N4O3S3/c11-9(18)8-2-1-7(4-12-8)20(16,17)13-3-6-5-19-10(15)14-6/h1-2,4-5,13H,3H2,(H2,11,18)(H,14,15). The molecule has 0 saturated carbocycles. The molecule has 2 rings (SSSR count). The average Bonchev–Trinajstić information content (AvgIpc) is 2.82. The van der Waals surface area contributed by atoms with Gasteiger partial charge in [-0.25, -0.2) is 13.1 Å². The highest BCUT2D eigenvalue weighted by Gasteiger charge is 2.15. The van der Waals surface area contributed by atoms with Gasteiger partial charge in [0, 0.05) is 17.3 Å². The molecule has 2 heterocycles. The first-order chi connectivity index (χ1) is 9.38. The molecule has 0 fully saturated rings. The Morgan fingerprint density at radius 3 is 2.75 bits per heavy atom. The van der Waals surface area contributed by atoms with Gasteiger partial charge in [0.2, 0.25) is 10.0 Å². The summed E-state index contributed by atoms with van der Waals surface area (Å²) in [5.41, 5.74) is 6.23. The van der Waals surface area contributed by atoms with E-state index < -0.39 is 10.0 Å². The highest BCUT2D eigenvalue weighted by atomic mass is 32.2. The van der Waals surface area contributed by atoms with E-state index in [2.05, 4.69) is 14.7 Å². The number of nitrogens with two attached hydrogens (primary N) is 1. The van der Waals surface area contributed by atoms with Crippen LogP contribution in [0, 0.1) is 0 Å². The molecular weight excluding hydrogens is 320 g/mol. The van der Waals surface area contributed by atoms with Crippen molar-refractivity contribution in [2.45, 2.75) is 11.4 Å². The van der Waals surface area contributed by atoms with Crippen molar-refractivity contribution >= 4 is 38.6 Å². The molecule has 0 bridgehead atoms. The Kier molecular flexibility index (Phi) is 4.28. The van der Waals surface area contributed by atoms with Crippen LogP contribution in [-0.4, -0.2) is 23.4 Å². The SMILES string of the molecule is NC(=S)c1ccc(S(=O)(=O)NCc2csc(=O)[nH]2)cn1. The topological polar surface area (TPSA) is 118 Å². The number of nitrogens with one attached hydrogen (secondary N) is 2. The van der Waals surface area contributed by atoms with E-state index in [9.17, 15) is 13.2 Å². The van der Waals surface area contributed by atoms with E-state index in [-0.39, 0.29) is 21.3 Å². The minimum absolute atomic E-state index is 0.00186. The first-order valence-corrected chi connectivity index (χ1v) is 8.08. The molecule has 0 atom stereocenters. The number of rotatable bonds is 5. The van der Waals surface area contributed by atoms with Gasteiger partial charge in [-0.15, -0.1) is 0 Å². The predicted octanol–water partition coefficient (Wildman–Crippen LogP) is -0.0559. The molecule has 10 heteroatoms. The number of nitrogens with zero attached hydrogens (tertiary/aromatic N) is 1. The zero-order valence-corrected chi connectivity index (χ0v) is 12.4. The fourth-order valence-corrected chi connectivity index (χ4v) is 2.99. The molecule has 20 heavy (non-hydrogen) atoms. The molecular formula is C10H10N4O3S3. The third-order valence-corrected chi connectivity index (χ3v) is 4.64. The summed E-state index contributed by atoms with van der Waals surface area (Å²) in [4.78, 5) is 17.2. The van der Waals surface area contributed by atoms with Crippen molar-refractivity contribution in [3.63, 3.8) is 0 Å². The second kappa shape index (κ2) is 5.79. The van der Waals surface area contributed by atoms with Crippen LogP contribution in [0.1, 0.15) is 11.4 Å². The van der Waals surface area contributed by atoms with Crippen LogP contribution in [0.2, 0.25) is 0 Å². The zero-order valence-electron chi connectivity index (χ0n) is 9.99. The van der Waals surface area contributed by atoms with E-state index in [1.807, 2.05) is 0 Å². The van der Waals surface area contributed by atoms with Crippen LogP contribution in [-0.2, 0) is 16.6 Å². The molecule has 0 amide bonds. The molecule has 2 aromatic heterocycles. The van der Waals surface area contributed by atoms with Crippen LogP contribution in [0.15, 0.2) is 33.4 Å². The second-order valence-electron chi connectivity index (χ2n) is 3.74. The fraction of sp³-hybridized carbons (Fsp3) is 0.100. The predicted molar refractivity (Wildman–Crippen MR) is 79.1 cm³/mol. The Morgan fingerprint density at radius 1 is 1.50 bits per heavy atom. The van der Waals surface area contributed by atoms with Crippen LogP contribution in [0.5, 0.6) is 0 Å². The largest absolute Gasteiger partial charge is 0.388 e. The smallest absolute Gasteiger partial charge is 0.304 e. The first kappa shape index (κ1) is 14.8. The molecule has 0 aliphatic rings. The van der Waals surface area contributed by atoms with E-state index in [1.165, 1.54) is 18.3 Å². The van der Waals surface area contributed by atoms with Crippen LogP contribution in [0.4, 0.5) is 0 Å². The van der Waals surface area contributed by atoms with Gasteiger partial charge in [-0.3, -0.25) is 9.78 Å². The first-order valence-electron chi connectivity index (χ1n) is 5.31. The number of thiocarbonyl (C=S) groups is 1. The van der Waals surface area contributed by atoms with E-state index in [0.29, 0.717) is 11.4 Å². The normalized spacial score (nSPS) is 11.4. The van der Waals surface area contributed by atoms with Crippen molar-refractivity contribution < 1.29 is 8.42 Å². The van der Waals surface area contributed by atoms with Gasteiger partial charge in [-0.05, 0) is 12.1 Å². The Hall–Kier alpha value is -1.62. The van der Waals surface area contributed by atoms with Crippen molar-refractivity contribution in [3.8, 4) is 0 Å². The molecule has 106 valence electrons. The fourth-order valence-electron chi connectivity index (χ4n) is 1.34. The lowest BCUT2D eigenvalue weighted by Gasteiger charge is -2.05. The monoisotopic (exact) mass is 330 g/mol. The van der Waals surface area contributed by atoms with Crippen LogP contribution < -0.4 is 15.3 Å². The second-order valence-corrected chi connectivity index (χ2v) is 6.79. The minimum atomic E-state index is -3.71. The minimum Gasteiger partial charge on any atom is -0.388 e. The molecule has 7 nitrogen and oxygen atoms in total. The van der Waals surface area contributed by atoms with E-state index in [0.717, 1.165) is 11.3 Å². The number of H-pyrrole nitrogens is 1. The molecule has 2 aromatic rings. The summed E-state index contributed by atoms with van der Waals surface area (Å²) >= 11 is 5.70. The Labute approximate surface area is 123 Å². The lowest BCUT2D eigenvalue weighted by molar-refractivity contribution is 0.580. The van der Waals surface area contributed by atoms with Gasteiger partial charge >= 0.3 is 4.87 Å². The summed E-state index contributed by atoms with van der Waals surface area (Å²) in [6.07, 6.45) is 1.17. The highest BCUT2D eigenvalue weighted by molar-refractivity contribution is 7.89. The third kappa shape index (κ3) is 3.48. The quantitative estimate of drug-likeness (QED) is 0.661. The van der Waals surface area contributed by atoms with Gasteiger partial charge in [0.25, 0.3) is 0 Å². The number of aromatic amines is 1. The van der Waals surface area contributed by atoms with Gasteiger partial charge in [-0.1, -0.05) is 23.6 Å². The summed E-state index contributed by atoms with van der Waals surface area (Å²) in [6.45, 7) is -0.00186. The maximum absolute atomic E-state index is 12.0. The van der Waals surface area contributed by atoms with Gasteiger partial charge in [0.15, 0.2) is 0 Å². The molecule has 0 saturated heterocycles. The van der Waals surface area contributed by atoms with E-state index in [1.54, 1.807) is 5.38 Å². The Bertz CT molecular complexity index is 777. The third-order valence-electron chi connectivity index (χ3n) is 2.32. The highest BCUT2D eigenvalue weighted by Crippen LogP contribution is 2.08. The lowest BCUT2D eigenvalue weighted by atomic mass is 10.3. The van der Waals surface area contributed by atoms with Crippen LogP contribution in [0.25, 0.3) is 0 Å². The lowest BCUT2D eigenvalue weighted by Crippen LogP contribution is -2.24. The number of pyridine rings is 1. The summed E-state index contributed by atoms with van der Waals surface area (Å²) in [5.74, 6) is 0. The number of hydrogen-bond acceptors (Lipinski definition) is 6. The Balaban J connectivity index is 2.13. The Morgan fingerprint density at radius 2 is 2.25 bits per heavy atom. The van der Waals surface area contributed by atoms with Crippen molar-refractivity contribution in [1.82, 2.24) is 14.7 Å². The molecule has 0 aliphatic carbocycles. The van der Waals surface area contributed by atoms with E-state index >= 15 is 0 Å². The van der Waals surface area contributed by atoms with Crippen LogP contribution >= 0.6 is 23.6 Å². The zero-order chi connectivity index (χ0) is 14.8. The number of aromatic nitrogens is 2. The van der Waals surface area contributed by atoms with Gasteiger partial charge in [0.05, 0.1) is 12.2 Å². The molecule has 4 N–H and O–H groups in total. The van der Waals surface area contributed by atoms with Gasteiger partial charge < -0.3 is 10.7 Å². The molecule has 0 unspecified atom stereocenters. The summed E-state index contributed by atoms with van der Waals surface area (Å²) in [5, 5.41) is 1.55. The molecule has 0 aromatic carbocycles. The molecule has 0 radical (unpaired) electrons. The average molecular weight is 330 g/mol. The maximum atomic E-state index is 12.0. The van der Waals surface area contributed by atoms with Gasteiger partial charge in [0.1, 0.15) is 9.88 Å². The van der Waals surface area contributed by atoms with Crippen molar-refractivity contribution in [2.24, 2.45) is 5.73 Å². The summed E-state index contributed by atoms with van der Waals surface area (Å²) < 4.78 is 26.3. The molecule has 0 spiro atoms. The van der Waals surface area contributed by atoms with Crippen molar-refractivity contribution in [1.29, 1.82) is 0 Å². The van der Waals surface area contributed by atoms with Crippen LogP contribution in [0.3, 0.4) is 0 Å². The number of thiazole rings is 1. The summed E-state index contributed by atoms with van der Waals surface area (Å²) in [7, 11) is -3.71. The maximum Gasteiger partial charge on any atom is 0.304 e. The van der Waals surface area contributed by atoms with E-state index in [4.69, 9.17) is 18.0 Å². The number of sulfonamides is 1. The summed E-state index contributed by atoms with van der Waals surface area (Å²) in [6, 6.07) is 2.80. The van der Waals surface area contributed by atoms with Crippen molar-refractivity contribution in [2.75, 3.05) is 0 Å².